The number of hydrogen-bond donors (Lipinski definition) is 0. The van der Waals surface area contributed by atoms with E-state index in [2.05, 4.69) is 4.74 Å². The molecule has 0 fully saturated rings. The first-order valence-corrected chi connectivity index (χ1v) is 5.30. The van der Waals surface area contributed by atoms with Gasteiger partial charge in [0.25, 0.3) is 0 Å². The minimum absolute atomic E-state index is 0.151. The summed E-state index contributed by atoms with van der Waals surface area (Å²) in [6.45, 7) is 0. The molecule has 0 atom stereocenters. The smallest absolute Gasteiger partial charge is 0.373 e. The fourth-order valence-corrected chi connectivity index (χ4v) is 2.01. The number of esters is 1. The van der Waals surface area contributed by atoms with Crippen LogP contribution in [0.3, 0.4) is 0 Å². The highest BCUT2D eigenvalue weighted by atomic mass is 32.1. The molecule has 0 aromatic carbocycles. The van der Waals surface area contributed by atoms with Crippen molar-refractivity contribution in [1.29, 1.82) is 0 Å². The lowest BCUT2D eigenvalue weighted by atomic mass is 10.3. The van der Waals surface area contributed by atoms with E-state index in [1.165, 1.54) is 18.4 Å². The number of furan rings is 1. The van der Waals surface area contributed by atoms with Gasteiger partial charge in [-0.3, -0.25) is 4.79 Å². The van der Waals surface area contributed by atoms with Gasteiger partial charge in [-0.15, -0.1) is 11.3 Å². The van der Waals surface area contributed by atoms with Crippen LogP contribution in [0.25, 0.3) is 10.6 Å². The molecule has 0 radical (unpaired) electrons. The SMILES string of the molecule is COC(=O)c1ccc(-c2ccc(C=O)s2)o1. The number of ether oxygens (including phenoxy) is 1. The molecule has 0 aliphatic heterocycles. The van der Waals surface area contributed by atoms with Crippen molar-refractivity contribution < 1.29 is 18.7 Å². The maximum atomic E-state index is 11.2. The largest absolute Gasteiger partial charge is 0.463 e. The Morgan fingerprint density at radius 1 is 1.38 bits per heavy atom. The monoisotopic (exact) mass is 236 g/mol. The minimum Gasteiger partial charge on any atom is -0.463 e. The van der Waals surface area contributed by atoms with Crippen molar-refractivity contribution in [2.75, 3.05) is 7.11 Å². The zero-order valence-corrected chi connectivity index (χ0v) is 9.24. The van der Waals surface area contributed by atoms with Gasteiger partial charge < -0.3 is 9.15 Å². The second kappa shape index (κ2) is 4.32. The quantitative estimate of drug-likeness (QED) is 0.607. The van der Waals surface area contributed by atoms with Crippen molar-refractivity contribution in [3.8, 4) is 10.6 Å². The van der Waals surface area contributed by atoms with Crippen LogP contribution in [0.15, 0.2) is 28.7 Å². The Bertz CT molecular complexity index is 524. The maximum Gasteiger partial charge on any atom is 0.373 e. The number of aldehydes is 1. The van der Waals surface area contributed by atoms with E-state index < -0.39 is 5.97 Å². The molecule has 0 saturated heterocycles. The second-order valence-electron chi connectivity index (χ2n) is 2.98. The summed E-state index contributed by atoms with van der Waals surface area (Å²) >= 11 is 1.30. The highest BCUT2D eigenvalue weighted by molar-refractivity contribution is 7.17. The van der Waals surface area contributed by atoms with Gasteiger partial charge in [-0.2, -0.15) is 0 Å². The molecule has 82 valence electrons. The number of carbonyl (C=O) groups excluding carboxylic acids is 2. The van der Waals surface area contributed by atoms with Crippen molar-refractivity contribution in [1.82, 2.24) is 0 Å². The van der Waals surface area contributed by atoms with E-state index >= 15 is 0 Å². The minimum atomic E-state index is -0.515. The van der Waals surface area contributed by atoms with Crippen LogP contribution >= 0.6 is 11.3 Å². The van der Waals surface area contributed by atoms with E-state index in [4.69, 9.17) is 4.42 Å². The van der Waals surface area contributed by atoms with Crippen molar-refractivity contribution in [3.05, 3.63) is 34.9 Å². The van der Waals surface area contributed by atoms with Gasteiger partial charge in [0.05, 0.1) is 16.9 Å². The first-order valence-electron chi connectivity index (χ1n) is 4.48. The van der Waals surface area contributed by atoms with Crippen LogP contribution in [0.1, 0.15) is 20.2 Å². The number of rotatable bonds is 3. The van der Waals surface area contributed by atoms with Crippen molar-refractivity contribution in [2.24, 2.45) is 0 Å². The molecule has 2 aromatic rings. The third-order valence-electron chi connectivity index (χ3n) is 1.98. The fraction of sp³-hybridized carbons (Fsp3) is 0.0909. The van der Waals surface area contributed by atoms with Crippen molar-refractivity contribution in [3.63, 3.8) is 0 Å². The molecular weight excluding hydrogens is 228 g/mol. The molecule has 4 nitrogen and oxygen atoms in total. The normalized spacial score (nSPS) is 10.1. The number of carbonyl (C=O) groups is 2. The molecule has 0 aliphatic rings. The average Bonchev–Trinajstić information content (AvgIpc) is 2.95. The Morgan fingerprint density at radius 2 is 2.19 bits per heavy atom. The summed E-state index contributed by atoms with van der Waals surface area (Å²) in [6, 6.07) is 6.69. The van der Waals surface area contributed by atoms with Crippen LogP contribution in [-0.4, -0.2) is 19.4 Å². The summed E-state index contributed by atoms with van der Waals surface area (Å²) in [4.78, 5) is 23.1. The molecule has 5 heteroatoms. The lowest BCUT2D eigenvalue weighted by Gasteiger charge is -1.93. The Kier molecular flexibility index (Phi) is 2.87. The van der Waals surface area contributed by atoms with Crippen LogP contribution in [-0.2, 0) is 4.74 Å². The fourth-order valence-electron chi connectivity index (χ4n) is 1.23. The van der Waals surface area contributed by atoms with Crippen molar-refractivity contribution in [2.45, 2.75) is 0 Å². The van der Waals surface area contributed by atoms with Gasteiger partial charge in [-0.1, -0.05) is 0 Å². The van der Waals surface area contributed by atoms with Crippen LogP contribution < -0.4 is 0 Å². The highest BCUT2D eigenvalue weighted by Gasteiger charge is 2.13. The Labute approximate surface area is 95.5 Å². The van der Waals surface area contributed by atoms with Gasteiger partial charge in [-0.25, -0.2) is 4.79 Å². The van der Waals surface area contributed by atoms with Gasteiger partial charge in [0.2, 0.25) is 5.76 Å². The van der Waals surface area contributed by atoms with Gasteiger partial charge in [0, 0.05) is 0 Å². The van der Waals surface area contributed by atoms with Gasteiger partial charge >= 0.3 is 5.97 Å². The molecule has 0 amide bonds. The third-order valence-corrected chi connectivity index (χ3v) is 3.00. The highest BCUT2D eigenvalue weighted by Crippen LogP contribution is 2.29. The van der Waals surface area contributed by atoms with E-state index in [1.807, 2.05) is 0 Å². The van der Waals surface area contributed by atoms with E-state index in [0.29, 0.717) is 10.6 Å². The maximum absolute atomic E-state index is 11.2. The third kappa shape index (κ3) is 1.90. The van der Waals surface area contributed by atoms with Gasteiger partial charge in [0.1, 0.15) is 5.76 Å². The zero-order chi connectivity index (χ0) is 11.5. The topological polar surface area (TPSA) is 56.5 Å². The number of thiophene rings is 1. The van der Waals surface area contributed by atoms with Crippen molar-refractivity contribution >= 4 is 23.6 Å². The number of methoxy groups -OCH3 is 1. The molecule has 2 aromatic heterocycles. The summed E-state index contributed by atoms with van der Waals surface area (Å²) in [6.07, 6.45) is 0.776. The molecule has 0 bridgehead atoms. The van der Waals surface area contributed by atoms with E-state index in [-0.39, 0.29) is 5.76 Å². The first-order chi connectivity index (χ1) is 7.74. The summed E-state index contributed by atoms with van der Waals surface area (Å²) in [5.41, 5.74) is 0. The van der Waals surface area contributed by atoms with E-state index in [1.54, 1.807) is 24.3 Å². The van der Waals surface area contributed by atoms with E-state index in [9.17, 15) is 9.59 Å². The average molecular weight is 236 g/mol. The molecule has 0 aliphatic carbocycles. The summed E-state index contributed by atoms with van der Waals surface area (Å²) in [5, 5.41) is 0. The predicted molar refractivity (Wildman–Crippen MR) is 58.7 cm³/mol. The second-order valence-corrected chi connectivity index (χ2v) is 4.09. The molecular formula is C11H8O4S. The molecule has 0 saturated carbocycles. The summed E-state index contributed by atoms with van der Waals surface area (Å²) in [7, 11) is 1.29. The van der Waals surface area contributed by atoms with Crippen LogP contribution in [0.2, 0.25) is 0 Å². The predicted octanol–water partition coefficient (Wildman–Crippen LogP) is 2.61. The molecule has 0 unspecified atom stereocenters. The zero-order valence-electron chi connectivity index (χ0n) is 8.43. The molecule has 2 rings (SSSR count). The summed E-state index contributed by atoms with van der Waals surface area (Å²) < 4.78 is 9.83. The lowest BCUT2D eigenvalue weighted by molar-refractivity contribution is 0.0566. The Balaban J connectivity index is 2.31. The van der Waals surface area contributed by atoms with Gasteiger partial charge in [0.15, 0.2) is 6.29 Å². The first kappa shape index (κ1) is 10.6. The molecule has 0 spiro atoms. The summed E-state index contributed by atoms with van der Waals surface area (Å²) in [5.74, 6) is 0.190. The van der Waals surface area contributed by atoms with Gasteiger partial charge in [-0.05, 0) is 24.3 Å². The molecule has 0 N–H and O–H groups in total. The van der Waals surface area contributed by atoms with Crippen LogP contribution in [0.4, 0.5) is 0 Å². The molecule has 16 heavy (non-hydrogen) atoms. The van der Waals surface area contributed by atoms with Crippen LogP contribution in [0.5, 0.6) is 0 Å². The standard InChI is InChI=1S/C11H8O4S/c1-14-11(13)9-4-3-8(15-9)10-5-2-7(6-12)16-10/h2-6H,1H3. The lowest BCUT2D eigenvalue weighted by Crippen LogP contribution is -1.97. The van der Waals surface area contributed by atoms with E-state index in [0.717, 1.165) is 11.2 Å². The van der Waals surface area contributed by atoms with Crippen LogP contribution in [0, 0.1) is 0 Å². The number of hydrogen-bond acceptors (Lipinski definition) is 5. The Hall–Kier alpha value is -1.88. The Morgan fingerprint density at radius 3 is 2.81 bits per heavy atom. The molecule has 2 heterocycles.